The summed E-state index contributed by atoms with van der Waals surface area (Å²) in [6, 6.07) is 10.1. The highest BCUT2D eigenvalue weighted by atomic mass is 32.2. The van der Waals surface area contributed by atoms with Crippen molar-refractivity contribution in [3.05, 3.63) is 59.4 Å². The van der Waals surface area contributed by atoms with Crippen LogP contribution in [0.2, 0.25) is 0 Å². The third-order valence-corrected chi connectivity index (χ3v) is 5.10. The van der Waals surface area contributed by atoms with E-state index in [1.807, 2.05) is 11.8 Å². The lowest BCUT2D eigenvalue weighted by Gasteiger charge is -2.25. The Morgan fingerprint density at radius 2 is 2.19 bits per heavy atom. The molecule has 0 saturated carbocycles. The van der Waals surface area contributed by atoms with Crippen LogP contribution in [0.25, 0.3) is 0 Å². The molecular formula is C17H17NO2S. The molecule has 1 aromatic heterocycles. The molecular weight excluding hydrogens is 282 g/mol. The topological polar surface area (TPSA) is 50.2 Å². The number of benzene rings is 1. The Morgan fingerprint density at radius 1 is 1.33 bits per heavy atom. The van der Waals surface area contributed by atoms with Gasteiger partial charge in [-0.05, 0) is 54.2 Å². The molecule has 1 unspecified atom stereocenters. The number of aromatic carboxylic acids is 1. The number of nitrogens with zero attached hydrogens (tertiary/aromatic N) is 1. The third kappa shape index (κ3) is 3.10. The molecule has 4 heteroatoms. The first-order valence-corrected chi connectivity index (χ1v) is 8.12. The zero-order valence-electron chi connectivity index (χ0n) is 11.7. The van der Waals surface area contributed by atoms with E-state index in [1.165, 1.54) is 10.5 Å². The van der Waals surface area contributed by atoms with E-state index in [9.17, 15) is 9.90 Å². The van der Waals surface area contributed by atoms with E-state index in [4.69, 9.17) is 0 Å². The van der Waals surface area contributed by atoms with E-state index >= 15 is 0 Å². The van der Waals surface area contributed by atoms with Crippen molar-refractivity contribution in [2.24, 2.45) is 0 Å². The van der Waals surface area contributed by atoms with Gasteiger partial charge in [-0.15, -0.1) is 11.8 Å². The molecule has 1 aliphatic heterocycles. The first-order chi connectivity index (χ1) is 10.3. The number of pyridine rings is 1. The summed E-state index contributed by atoms with van der Waals surface area (Å²) in [7, 11) is 0. The molecule has 1 N–H and O–H groups in total. The molecule has 3 rings (SSSR count). The molecule has 0 bridgehead atoms. The highest BCUT2D eigenvalue weighted by molar-refractivity contribution is 7.99. The molecule has 21 heavy (non-hydrogen) atoms. The van der Waals surface area contributed by atoms with Crippen LogP contribution in [0.1, 0.15) is 40.2 Å². The average Bonchev–Trinajstić information content (AvgIpc) is 2.53. The summed E-state index contributed by atoms with van der Waals surface area (Å²) in [5.41, 5.74) is 2.62. The smallest absolute Gasteiger partial charge is 0.336 e. The van der Waals surface area contributed by atoms with Gasteiger partial charge in [-0.2, -0.15) is 0 Å². The number of fused-ring (bicyclic) bond motifs is 1. The fourth-order valence-corrected chi connectivity index (χ4v) is 4.08. The maximum absolute atomic E-state index is 11.2. The van der Waals surface area contributed by atoms with Crippen molar-refractivity contribution in [1.82, 2.24) is 4.98 Å². The Morgan fingerprint density at radius 3 is 3.05 bits per heavy atom. The molecule has 0 amide bonds. The molecule has 0 aliphatic carbocycles. The summed E-state index contributed by atoms with van der Waals surface area (Å²) in [6.07, 6.45) is 6.12. The second-order valence-electron chi connectivity index (χ2n) is 5.25. The standard InChI is InChI=1S/C17H17NO2S/c19-17(20)15-7-9-18-11-13(15)6-5-12-8-10-21-16-4-2-1-3-14(12)16/h1-4,7,9,11-12H,5-6,8,10H2,(H,19,20). The Labute approximate surface area is 128 Å². The molecule has 108 valence electrons. The number of carboxylic acid groups (broad SMARTS) is 1. The molecule has 0 fully saturated rings. The third-order valence-electron chi connectivity index (χ3n) is 3.98. The monoisotopic (exact) mass is 299 g/mol. The van der Waals surface area contributed by atoms with Crippen LogP contribution in [-0.4, -0.2) is 21.8 Å². The fourth-order valence-electron chi connectivity index (χ4n) is 2.88. The molecule has 3 nitrogen and oxygen atoms in total. The highest BCUT2D eigenvalue weighted by Crippen LogP contribution is 2.39. The first-order valence-electron chi connectivity index (χ1n) is 7.13. The lowest BCUT2D eigenvalue weighted by Crippen LogP contribution is -2.10. The van der Waals surface area contributed by atoms with Crippen molar-refractivity contribution in [2.75, 3.05) is 5.75 Å². The quantitative estimate of drug-likeness (QED) is 0.927. The minimum Gasteiger partial charge on any atom is -0.478 e. The number of aromatic nitrogens is 1. The van der Waals surface area contributed by atoms with Gasteiger partial charge in [0.1, 0.15) is 0 Å². The van der Waals surface area contributed by atoms with E-state index in [0.717, 1.165) is 30.6 Å². The minimum atomic E-state index is -0.869. The van der Waals surface area contributed by atoms with E-state index in [-0.39, 0.29) is 0 Å². The molecule has 0 saturated heterocycles. The van der Waals surface area contributed by atoms with Crippen LogP contribution in [0.3, 0.4) is 0 Å². The van der Waals surface area contributed by atoms with Gasteiger partial charge in [-0.1, -0.05) is 18.2 Å². The Bertz CT molecular complexity index is 657. The summed E-state index contributed by atoms with van der Waals surface area (Å²) < 4.78 is 0. The second-order valence-corrected chi connectivity index (χ2v) is 6.39. The van der Waals surface area contributed by atoms with Gasteiger partial charge in [0, 0.05) is 17.3 Å². The van der Waals surface area contributed by atoms with Crippen LogP contribution >= 0.6 is 11.8 Å². The van der Waals surface area contributed by atoms with E-state index in [0.29, 0.717) is 11.5 Å². The molecule has 0 spiro atoms. The Hall–Kier alpha value is -1.81. The molecule has 2 heterocycles. The molecule has 1 aliphatic rings. The van der Waals surface area contributed by atoms with Gasteiger partial charge in [0.2, 0.25) is 0 Å². The zero-order valence-corrected chi connectivity index (χ0v) is 12.5. The number of hydrogen-bond donors (Lipinski definition) is 1. The highest BCUT2D eigenvalue weighted by Gasteiger charge is 2.21. The fraction of sp³-hybridized carbons (Fsp3) is 0.294. The van der Waals surface area contributed by atoms with Crippen LogP contribution in [0.15, 0.2) is 47.6 Å². The predicted molar refractivity (Wildman–Crippen MR) is 84.0 cm³/mol. The number of carboxylic acids is 1. The van der Waals surface area contributed by atoms with Crippen molar-refractivity contribution < 1.29 is 9.90 Å². The number of carbonyl (C=O) groups is 1. The molecule has 2 aromatic rings. The summed E-state index contributed by atoms with van der Waals surface area (Å²) in [5, 5.41) is 9.23. The minimum absolute atomic E-state index is 0.378. The summed E-state index contributed by atoms with van der Waals surface area (Å²) in [6.45, 7) is 0. The summed E-state index contributed by atoms with van der Waals surface area (Å²) in [5.74, 6) is 0.789. The van der Waals surface area contributed by atoms with E-state index in [2.05, 4.69) is 29.2 Å². The van der Waals surface area contributed by atoms with Gasteiger partial charge < -0.3 is 5.11 Å². The van der Waals surface area contributed by atoms with Gasteiger partial charge in [0.05, 0.1) is 5.56 Å². The molecule has 0 radical (unpaired) electrons. The maximum atomic E-state index is 11.2. The Balaban J connectivity index is 1.76. The number of thioether (sulfide) groups is 1. The van der Waals surface area contributed by atoms with Crippen molar-refractivity contribution in [3.63, 3.8) is 0 Å². The van der Waals surface area contributed by atoms with Crippen LogP contribution in [0.5, 0.6) is 0 Å². The van der Waals surface area contributed by atoms with Gasteiger partial charge in [-0.3, -0.25) is 4.98 Å². The number of hydrogen-bond acceptors (Lipinski definition) is 3. The van der Waals surface area contributed by atoms with Crippen LogP contribution < -0.4 is 0 Å². The maximum Gasteiger partial charge on any atom is 0.336 e. The van der Waals surface area contributed by atoms with Crippen LogP contribution in [0, 0.1) is 0 Å². The normalized spacial score (nSPS) is 17.2. The van der Waals surface area contributed by atoms with Gasteiger partial charge in [0.25, 0.3) is 0 Å². The second kappa shape index (κ2) is 6.31. The molecule has 1 aromatic carbocycles. The van der Waals surface area contributed by atoms with Crippen LogP contribution in [0.4, 0.5) is 0 Å². The average molecular weight is 299 g/mol. The summed E-state index contributed by atoms with van der Waals surface area (Å²) >= 11 is 1.92. The largest absolute Gasteiger partial charge is 0.478 e. The van der Waals surface area contributed by atoms with Gasteiger partial charge >= 0.3 is 5.97 Å². The lowest BCUT2D eigenvalue weighted by molar-refractivity contribution is 0.0695. The van der Waals surface area contributed by atoms with E-state index in [1.54, 1.807) is 18.5 Å². The number of aryl methyl sites for hydroxylation is 1. The van der Waals surface area contributed by atoms with Crippen molar-refractivity contribution in [1.29, 1.82) is 0 Å². The zero-order chi connectivity index (χ0) is 14.7. The molecule has 1 atom stereocenters. The Kier molecular flexibility index (Phi) is 4.25. The van der Waals surface area contributed by atoms with Crippen molar-refractivity contribution >= 4 is 17.7 Å². The van der Waals surface area contributed by atoms with Crippen molar-refractivity contribution in [3.8, 4) is 0 Å². The van der Waals surface area contributed by atoms with Crippen molar-refractivity contribution in [2.45, 2.75) is 30.1 Å². The SMILES string of the molecule is O=C(O)c1ccncc1CCC1CCSc2ccccc21. The van der Waals surface area contributed by atoms with Crippen LogP contribution in [-0.2, 0) is 6.42 Å². The van der Waals surface area contributed by atoms with Gasteiger partial charge in [0.15, 0.2) is 0 Å². The lowest BCUT2D eigenvalue weighted by atomic mass is 9.89. The van der Waals surface area contributed by atoms with E-state index < -0.39 is 5.97 Å². The predicted octanol–water partition coefficient (Wildman–Crippen LogP) is 3.99. The summed E-state index contributed by atoms with van der Waals surface area (Å²) in [4.78, 5) is 16.7. The van der Waals surface area contributed by atoms with Gasteiger partial charge in [-0.25, -0.2) is 4.79 Å². The first kappa shape index (κ1) is 14.1. The number of rotatable bonds is 4.